The van der Waals surface area contributed by atoms with E-state index in [0.717, 1.165) is 30.0 Å². The molecule has 1 aromatic carbocycles. The van der Waals surface area contributed by atoms with Crippen molar-refractivity contribution in [3.8, 4) is 11.4 Å². The summed E-state index contributed by atoms with van der Waals surface area (Å²) >= 11 is 0. The van der Waals surface area contributed by atoms with E-state index in [1.54, 1.807) is 16.8 Å². The number of benzene rings is 1. The fourth-order valence-electron chi connectivity index (χ4n) is 2.99. The van der Waals surface area contributed by atoms with Crippen LogP contribution in [0.1, 0.15) is 28.9 Å². The van der Waals surface area contributed by atoms with Gasteiger partial charge in [-0.15, -0.1) is 0 Å². The van der Waals surface area contributed by atoms with Gasteiger partial charge in [-0.2, -0.15) is 4.98 Å². The maximum absolute atomic E-state index is 12.6. The first-order valence-electron chi connectivity index (χ1n) is 9.41. The second kappa shape index (κ2) is 8.66. The van der Waals surface area contributed by atoms with E-state index >= 15 is 0 Å². The highest BCUT2D eigenvalue weighted by molar-refractivity contribution is 6.04. The molecule has 148 valence electrons. The van der Waals surface area contributed by atoms with Gasteiger partial charge < -0.3 is 14.6 Å². The fourth-order valence-corrected chi connectivity index (χ4v) is 2.99. The summed E-state index contributed by atoms with van der Waals surface area (Å²) in [4.78, 5) is 20.9. The van der Waals surface area contributed by atoms with Gasteiger partial charge >= 0.3 is 0 Å². The zero-order chi connectivity index (χ0) is 20.1. The number of nitrogens with zero attached hydrogens (tertiary/aromatic N) is 4. The average Bonchev–Trinajstić information content (AvgIpc) is 3.52. The Bertz CT molecular complexity index is 1090. The number of pyridine rings is 1. The van der Waals surface area contributed by atoms with Crippen LogP contribution in [-0.4, -0.2) is 38.6 Å². The van der Waals surface area contributed by atoms with Crippen molar-refractivity contribution in [1.29, 1.82) is 0 Å². The highest BCUT2D eigenvalue weighted by atomic mass is 16.5. The summed E-state index contributed by atoms with van der Waals surface area (Å²) in [7, 11) is 0. The summed E-state index contributed by atoms with van der Waals surface area (Å²) in [6, 6.07) is 11.2. The van der Waals surface area contributed by atoms with Crippen molar-refractivity contribution < 1.29 is 14.1 Å². The van der Waals surface area contributed by atoms with Crippen molar-refractivity contribution in [2.45, 2.75) is 19.8 Å². The third-order valence-corrected chi connectivity index (χ3v) is 4.58. The van der Waals surface area contributed by atoms with Crippen LogP contribution in [0.25, 0.3) is 17.0 Å². The number of aromatic nitrogens is 4. The van der Waals surface area contributed by atoms with Crippen LogP contribution in [0.3, 0.4) is 0 Å². The Morgan fingerprint density at radius 2 is 2.00 bits per heavy atom. The van der Waals surface area contributed by atoms with E-state index in [2.05, 4.69) is 20.4 Å². The molecule has 0 radical (unpaired) electrons. The van der Waals surface area contributed by atoms with Gasteiger partial charge in [0.2, 0.25) is 12.2 Å². The molecule has 0 atom stereocenters. The molecule has 8 heteroatoms. The Morgan fingerprint density at radius 1 is 1.14 bits per heavy atom. The number of carbonyl (C=O) groups excluding carboxylic acids is 1. The molecule has 0 spiro atoms. The summed E-state index contributed by atoms with van der Waals surface area (Å²) in [5.41, 5.74) is 3.58. The van der Waals surface area contributed by atoms with Crippen molar-refractivity contribution in [3.05, 3.63) is 66.4 Å². The van der Waals surface area contributed by atoms with Crippen molar-refractivity contribution >= 4 is 17.2 Å². The molecular weight excluding hydrogens is 370 g/mol. The highest BCUT2D eigenvalue weighted by Crippen LogP contribution is 2.23. The molecule has 5 rings (SSSR count). The van der Waals surface area contributed by atoms with Crippen LogP contribution in [0.4, 0.5) is 5.69 Å². The van der Waals surface area contributed by atoms with E-state index in [1.807, 2.05) is 43.3 Å². The van der Waals surface area contributed by atoms with E-state index in [-0.39, 0.29) is 5.91 Å². The largest absolute Gasteiger partial charge is 0.381 e. The molecule has 1 saturated heterocycles. The summed E-state index contributed by atoms with van der Waals surface area (Å²) in [6.45, 7) is 3.92. The molecule has 0 bridgehead atoms. The van der Waals surface area contributed by atoms with Gasteiger partial charge in [0, 0.05) is 30.7 Å². The lowest BCUT2D eigenvalue weighted by atomic mass is 10.1. The number of fused-ring (bicyclic) bond motifs is 1. The normalized spacial score (nSPS) is 13.1. The number of aryl methyl sites for hydroxylation is 1. The predicted octanol–water partition coefficient (Wildman–Crippen LogP) is 3.74. The quantitative estimate of drug-likeness (QED) is 0.572. The Kier molecular flexibility index (Phi) is 5.62. The topological polar surface area (TPSA) is 94.5 Å². The van der Waals surface area contributed by atoms with Gasteiger partial charge in [-0.1, -0.05) is 23.4 Å². The van der Waals surface area contributed by atoms with E-state index < -0.39 is 0 Å². The molecular formula is C21H21N5O3. The second-order valence-electron chi connectivity index (χ2n) is 6.63. The number of carbonyl (C=O) groups is 1. The molecule has 0 unspecified atom stereocenters. The average molecular weight is 391 g/mol. The molecule has 1 N–H and O–H groups in total. The van der Waals surface area contributed by atoms with Gasteiger partial charge in [0.15, 0.2) is 0 Å². The monoisotopic (exact) mass is 391 g/mol. The number of anilines is 1. The minimum atomic E-state index is -0.234. The van der Waals surface area contributed by atoms with Crippen LogP contribution >= 0.6 is 0 Å². The fraction of sp³-hybridized carbons (Fsp3) is 0.238. The smallest absolute Gasteiger partial charge is 0.274 e. The minimum Gasteiger partial charge on any atom is -0.381 e. The molecule has 1 aliphatic rings. The van der Waals surface area contributed by atoms with Crippen molar-refractivity contribution in [2.75, 3.05) is 18.5 Å². The van der Waals surface area contributed by atoms with Gasteiger partial charge in [-0.25, -0.2) is 4.98 Å². The second-order valence-corrected chi connectivity index (χ2v) is 6.63. The Labute approximate surface area is 167 Å². The predicted molar refractivity (Wildman–Crippen MR) is 108 cm³/mol. The lowest BCUT2D eigenvalue weighted by Gasteiger charge is -2.09. The van der Waals surface area contributed by atoms with E-state index in [1.165, 1.54) is 19.2 Å². The SMILES string of the molecule is C1CCOC1.Cc1ccc(-c2ncon2)cc1NC(=O)c1cnc2ccccn12. The number of hydrogen-bond donors (Lipinski definition) is 1. The number of rotatable bonds is 3. The van der Waals surface area contributed by atoms with Gasteiger partial charge in [-0.3, -0.25) is 9.20 Å². The third kappa shape index (κ3) is 4.33. The highest BCUT2D eigenvalue weighted by Gasteiger charge is 2.14. The molecule has 29 heavy (non-hydrogen) atoms. The maximum atomic E-state index is 12.6. The zero-order valence-corrected chi connectivity index (χ0v) is 16.0. The van der Waals surface area contributed by atoms with Crippen molar-refractivity contribution in [2.24, 2.45) is 0 Å². The maximum Gasteiger partial charge on any atom is 0.274 e. The van der Waals surface area contributed by atoms with E-state index in [4.69, 9.17) is 9.26 Å². The summed E-state index contributed by atoms with van der Waals surface area (Å²) < 4.78 is 11.5. The summed E-state index contributed by atoms with van der Waals surface area (Å²) in [5.74, 6) is 0.238. The lowest BCUT2D eigenvalue weighted by molar-refractivity contribution is 0.102. The molecule has 0 aliphatic carbocycles. The van der Waals surface area contributed by atoms with Crippen LogP contribution < -0.4 is 5.32 Å². The van der Waals surface area contributed by atoms with Crippen LogP contribution in [0.2, 0.25) is 0 Å². The number of imidazole rings is 1. The molecule has 8 nitrogen and oxygen atoms in total. The summed E-state index contributed by atoms with van der Waals surface area (Å²) in [6.07, 6.45) is 7.19. The Balaban J connectivity index is 0.000000359. The first-order chi connectivity index (χ1) is 14.2. The standard InChI is InChI=1S/C17H13N5O2.C4H8O/c1-11-5-6-12(16-19-10-24-21-16)8-13(11)20-17(23)14-9-18-15-4-2-3-7-22(14)15;1-2-4-5-3-1/h2-10H,1H3,(H,20,23);1-4H2. The summed E-state index contributed by atoms with van der Waals surface area (Å²) in [5, 5.41) is 6.74. The van der Waals surface area contributed by atoms with Crippen LogP contribution in [0, 0.1) is 6.92 Å². The number of amides is 1. The Morgan fingerprint density at radius 3 is 2.72 bits per heavy atom. The molecule has 4 heterocycles. The first-order valence-corrected chi connectivity index (χ1v) is 9.41. The van der Waals surface area contributed by atoms with Crippen molar-refractivity contribution in [3.63, 3.8) is 0 Å². The van der Waals surface area contributed by atoms with Crippen LogP contribution in [-0.2, 0) is 4.74 Å². The molecule has 3 aromatic heterocycles. The van der Waals surface area contributed by atoms with Gasteiger partial charge in [0.25, 0.3) is 5.91 Å². The minimum absolute atomic E-state index is 0.234. The molecule has 1 aliphatic heterocycles. The number of ether oxygens (including phenoxy) is 1. The van der Waals surface area contributed by atoms with Crippen molar-refractivity contribution in [1.82, 2.24) is 19.5 Å². The lowest BCUT2D eigenvalue weighted by Crippen LogP contribution is -2.15. The Hall–Kier alpha value is -3.52. The van der Waals surface area contributed by atoms with Crippen LogP contribution in [0.5, 0.6) is 0 Å². The zero-order valence-electron chi connectivity index (χ0n) is 16.0. The van der Waals surface area contributed by atoms with Gasteiger partial charge in [-0.05, 0) is 43.5 Å². The van der Waals surface area contributed by atoms with E-state index in [9.17, 15) is 4.79 Å². The van der Waals surface area contributed by atoms with Gasteiger partial charge in [0.05, 0.1) is 6.20 Å². The molecule has 4 aromatic rings. The first kappa shape index (κ1) is 18.8. The van der Waals surface area contributed by atoms with Crippen LogP contribution in [0.15, 0.2) is 59.7 Å². The number of hydrogen-bond acceptors (Lipinski definition) is 6. The number of nitrogens with one attached hydrogen (secondary N) is 1. The third-order valence-electron chi connectivity index (χ3n) is 4.58. The molecule has 0 saturated carbocycles. The molecule has 1 fully saturated rings. The van der Waals surface area contributed by atoms with Gasteiger partial charge in [0.1, 0.15) is 11.3 Å². The van der Waals surface area contributed by atoms with E-state index in [0.29, 0.717) is 17.2 Å². The molecule has 1 amide bonds.